The number of nitrogens with zero attached hydrogens (tertiary/aromatic N) is 2. The van der Waals surface area contributed by atoms with Crippen LogP contribution in [0, 0.1) is 11.6 Å². The van der Waals surface area contributed by atoms with Crippen molar-refractivity contribution in [3.63, 3.8) is 0 Å². The highest BCUT2D eigenvalue weighted by Gasteiger charge is 2.18. The zero-order valence-electron chi connectivity index (χ0n) is 12.4. The molecule has 1 amide bonds. The average Bonchev–Trinajstić information content (AvgIpc) is 3.02. The molecule has 0 N–H and O–H groups in total. The summed E-state index contributed by atoms with van der Waals surface area (Å²) >= 11 is 0. The van der Waals surface area contributed by atoms with Gasteiger partial charge in [-0.05, 0) is 12.1 Å². The van der Waals surface area contributed by atoms with Crippen molar-refractivity contribution in [1.82, 2.24) is 9.88 Å². The highest BCUT2D eigenvalue weighted by Crippen LogP contribution is 2.24. The molecular weight excluding hydrogens is 306 g/mol. The number of morpholine rings is 1. The minimum absolute atomic E-state index is 0.0148. The van der Waals surface area contributed by atoms with Crippen LogP contribution in [-0.4, -0.2) is 42.1 Å². The quantitative estimate of drug-likeness (QED) is 0.867. The summed E-state index contributed by atoms with van der Waals surface area (Å²) in [4.78, 5) is 17.8. The van der Waals surface area contributed by atoms with Crippen molar-refractivity contribution in [3.8, 4) is 11.3 Å². The third-order valence-corrected chi connectivity index (χ3v) is 3.67. The Labute approximate surface area is 131 Å². The summed E-state index contributed by atoms with van der Waals surface area (Å²) in [5, 5.41) is 0. The lowest BCUT2D eigenvalue weighted by atomic mass is 10.2. The first-order valence-electron chi connectivity index (χ1n) is 7.39. The van der Waals surface area contributed by atoms with E-state index in [1.807, 2.05) is 0 Å². The minimum Gasteiger partial charge on any atom is -0.441 e. The second-order valence-corrected chi connectivity index (χ2v) is 5.24. The van der Waals surface area contributed by atoms with Crippen LogP contribution in [0.5, 0.6) is 0 Å². The molecule has 23 heavy (non-hydrogen) atoms. The molecule has 1 aliphatic heterocycles. The van der Waals surface area contributed by atoms with Gasteiger partial charge in [-0.25, -0.2) is 13.8 Å². The minimum atomic E-state index is -0.711. The van der Waals surface area contributed by atoms with Gasteiger partial charge in [-0.2, -0.15) is 0 Å². The summed E-state index contributed by atoms with van der Waals surface area (Å²) < 4.78 is 37.3. The molecule has 0 atom stereocenters. The molecule has 1 saturated heterocycles. The van der Waals surface area contributed by atoms with Crippen molar-refractivity contribution in [2.75, 3.05) is 26.3 Å². The number of carbonyl (C=O) groups excluding carboxylic acids is 1. The molecule has 2 aromatic rings. The van der Waals surface area contributed by atoms with Gasteiger partial charge in [0.05, 0.1) is 25.0 Å². The molecule has 1 aliphatic rings. The second kappa shape index (κ2) is 6.87. The van der Waals surface area contributed by atoms with Crippen LogP contribution >= 0.6 is 0 Å². The lowest BCUT2D eigenvalue weighted by Gasteiger charge is -2.26. The van der Waals surface area contributed by atoms with E-state index >= 15 is 0 Å². The van der Waals surface area contributed by atoms with Crippen LogP contribution in [0.1, 0.15) is 12.3 Å². The summed E-state index contributed by atoms with van der Waals surface area (Å²) in [6.45, 7) is 2.30. The standard InChI is InChI=1S/C16H16F2N2O3/c17-11-1-2-12(13(18)9-11)14-10-19-15(23-14)3-4-16(21)20-5-7-22-8-6-20/h1-2,9-10H,3-8H2. The fraction of sp³-hybridized carbons (Fsp3) is 0.375. The molecule has 0 spiro atoms. The predicted octanol–water partition coefficient (Wildman–Crippen LogP) is 2.41. The summed E-state index contributed by atoms with van der Waals surface area (Å²) in [6, 6.07) is 3.25. The molecule has 1 aromatic carbocycles. The third-order valence-electron chi connectivity index (χ3n) is 3.67. The molecule has 7 heteroatoms. The van der Waals surface area contributed by atoms with E-state index in [9.17, 15) is 13.6 Å². The van der Waals surface area contributed by atoms with E-state index in [-0.39, 0.29) is 23.7 Å². The lowest BCUT2D eigenvalue weighted by molar-refractivity contribution is -0.135. The highest BCUT2D eigenvalue weighted by atomic mass is 19.1. The van der Waals surface area contributed by atoms with Crippen LogP contribution in [0.4, 0.5) is 8.78 Å². The molecule has 0 bridgehead atoms. The molecular formula is C16H16F2N2O3. The number of amides is 1. The summed E-state index contributed by atoms with van der Waals surface area (Å²) in [5.74, 6) is -0.776. The van der Waals surface area contributed by atoms with Gasteiger partial charge in [-0.3, -0.25) is 4.79 Å². The Morgan fingerprint density at radius 3 is 2.78 bits per heavy atom. The second-order valence-electron chi connectivity index (χ2n) is 5.24. The number of halogens is 2. The van der Waals surface area contributed by atoms with Crippen molar-refractivity contribution in [1.29, 1.82) is 0 Å². The van der Waals surface area contributed by atoms with Gasteiger partial charge >= 0.3 is 0 Å². The molecule has 1 fully saturated rings. The van der Waals surface area contributed by atoms with Crippen molar-refractivity contribution in [2.24, 2.45) is 0 Å². The molecule has 5 nitrogen and oxygen atoms in total. The maximum atomic E-state index is 13.7. The van der Waals surface area contributed by atoms with E-state index < -0.39 is 11.6 Å². The van der Waals surface area contributed by atoms with E-state index in [4.69, 9.17) is 9.15 Å². The largest absolute Gasteiger partial charge is 0.441 e. The van der Waals surface area contributed by atoms with Crippen LogP contribution in [-0.2, 0) is 16.0 Å². The number of hydrogen-bond acceptors (Lipinski definition) is 4. The fourth-order valence-electron chi connectivity index (χ4n) is 2.42. The lowest BCUT2D eigenvalue weighted by Crippen LogP contribution is -2.40. The van der Waals surface area contributed by atoms with E-state index in [0.29, 0.717) is 38.6 Å². The van der Waals surface area contributed by atoms with E-state index in [1.54, 1.807) is 4.90 Å². The number of ether oxygens (including phenoxy) is 1. The number of oxazole rings is 1. The van der Waals surface area contributed by atoms with Gasteiger partial charge in [0.2, 0.25) is 5.91 Å². The van der Waals surface area contributed by atoms with Gasteiger partial charge in [-0.1, -0.05) is 0 Å². The van der Waals surface area contributed by atoms with Crippen molar-refractivity contribution in [3.05, 3.63) is 41.9 Å². The maximum Gasteiger partial charge on any atom is 0.223 e. The zero-order chi connectivity index (χ0) is 16.2. The van der Waals surface area contributed by atoms with Gasteiger partial charge in [0, 0.05) is 32.0 Å². The van der Waals surface area contributed by atoms with E-state index in [0.717, 1.165) is 12.1 Å². The number of aryl methyl sites for hydroxylation is 1. The summed E-state index contributed by atoms with van der Waals surface area (Å²) in [6.07, 6.45) is 1.98. The Kier molecular flexibility index (Phi) is 4.66. The third kappa shape index (κ3) is 3.73. The van der Waals surface area contributed by atoms with Crippen molar-refractivity contribution >= 4 is 5.91 Å². The van der Waals surface area contributed by atoms with Crippen LogP contribution < -0.4 is 0 Å². The van der Waals surface area contributed by atoms with Gasteiger partial charge in [0.1, 0.15) is 11.6 Å². The summed E-state index contributed by atoms with van der Waals surface area (Å²) in [5.41, 5.74) is 0.143. The van der Waals surface area contributed by atoms with Gasteiger partial charge in [0.25, 0.3) is 0 Å². The van der Waals surface area contributed by atoms with Crippen molar-refractivity contribution in [2.45, 2.75) is 12.8 Å². The molecule has 0 saturated carbocycles. The molecule has 0 unspecified atom stereocenters. The molecule has 3 rings (SSSR count). The number of carbonyl (C=O) groups is 1. The van der Waals surface area contributed by atoms with Gasteiger partial charge in [-0.15, -0.1) is 0 Å². The van der Waals surface area contributed by atoms with E-state index in [1.165, 1.54) is 12.3 Å². The fourth-order valence-corrected chi connectivity index (χ4v) is 2.42. The molecule has 122 valence electrons. The molecule has 1 aromatic heterocycles. The molecule has 2 heterocycles. The Morgan fingerprint density at radius 1 is 1.26 bits per heavy atom. The maximum absolute atomic E-state index is 13.7. The number of aromatic nitrogens is 1. The number of rotatable bonds is 4. The highest BCUT2D eigenvalue weighted by molar-refractivity contribution is 5.76. The first-order chi connectivity index (χ1) is 11.1. The Hall–Kier alpha value is -2.28. The van der Waals surface area contributed by atoms with Crippen LogP contribution in [0.15, 0.2) is 28.8 Å². The Balaban J connectivity index is 1.62. The normalized spacial score (nSPS) is 15.0. The predicted molar refractivity (Wildman–Crippen MR) is 77.6 cm³/mol. The van der Waals surface area contributed by atoms with Gasteiger partial charge < -0.3 is 14.1 Å². The monoisotopic (exact) mass is 322 g/mol. The number of benzene rings is 1. The van der Waals surface area contributed by atoms with Crippen LogP contribution in [0.3, 0.4) is 0 Å². The van der Waals surface area contributed by atoms with Gasteiger partial charge in [0.15, 0.2) is 11.7 Å². The topological polar surface area (TPSA) is 55.6 Å². The Morgan fingerprint density at radius 2 is 2.04 bits per heavy atom. The zero-order valence-corrected chi connectivity index (χ0v) is 12.4. The molecule has 0 radical (unpaired) electrons. The average molecular weight is 322 g/mol. The van der Waals surface area contributed by atoms with Crippen molar-refractivity contribution < 1.29 is 22.7 Å². The smallest absolute Gasteiger partial charge is 0.223 e. The first kappa shape index (κ1) is 15.6. The van der Waals surface area contributed by atoms with Crippen LogP contribution in [0.2, 0.25) is 0 Å². The first-order valence-corrected chi connectivity index (χ1v) is 7.39. The summed E-state index contributed by atoms with van der Waals surface area (Å²) in [7, 11) is 0. The molecule has 0 aliphatic carbocycles. The SMILES string of the molecule is O=C(CCc1ncc(-c2ccc(F)cc2F)o1)N1CCOCC1. The Bertz CT molecular complexity index is 696. The van der Waals surface area contributed by atoms with Crippen LogP contribution in [0.25, 0.3) is 11.3 Å². The number of hydrogen-bond donors (Lipinski definition) is 0. The van der Waals surface area contributed by atoms with E-state index in [2.05, 4.69) is 4.98 Å².